The summed E-state index contributed by atoms with van der Waals surface area (Å²) in [4.78, 5) is 0. The predicted molar refractivity (Wildman–Crippen MR) is 99.9 cm³/mol. The zero-order valence-electron chi connectivity index (χ0n) is 16.4. The van der Waals surface area contributed by atoms with Crippen LogP contribution >= 0.6 is 0 Å². The van der Waals surface area contributed by atoms with Gasteiger partial charge in [-0.15, -0.1) is 0 Å². The molecule has 2 rings (SSSR count). The summed E-state index contributed by atoms with van der Waals surface area (Å²) in [5.74, 6) is 2.57. The maximum absolute atomic E-state index is 9.45. The van der Waals surface area contributed by atoms with Gasteiger partial charge >= 0.3 is 5.89 Å². The average molecular weight is 401 g/mol. The van der Waals surface area contributed by atoms with Crippen LogP contribution in [0.3, 0.4) is 0 Å². The van der Waals surface area contributed by atoms with Crippen LogP contribution in [0, 0.1) is 0 Å². The monoisotopic (exact) mass is 401 g/mol. The Morgan fingerprint density at radius 2 is 1.93 bits per heavy atom. The molecule has 0 saturated carbocycles. The van der Waals surface area contributed by atoms with Crippen LogP contribution in [-0.4, -0.2) is 33.3 Å². The highest BCUT2D eigenvalue weighted by molar-refractivity contribution is 7.80. The van der Waals surface area contributed by atoms with Gasteiger partial charge in [-0.1, -0.05) is 6.92 Å². The number of fused-ring (bicyclic) bond motifs is 1. The van der Waals surface area contributed by atoms with Gasteiger partial charge in [0.1, 0.15) is 18.1 Å². The first-order chi connectivity index (χ1) is 12.8. The summed E-state index contributed by atoms with van der Waals surface area (Å²) >= 11 is 0. The molecule has 0 unspecified atom stereocenters. The van der Waals surface area contributed by atoms with E-state index < -0.39 is 10.4 Å². The third kappa shape index (κ3) is 7.20. The number of nitrogens with zero attached hydrogens (tertiary/aromatic N) is 1. The topological polar surface area (TPSA) is 102 Å². The molecule has 0 bridgehead atoms. The molecular formula is C18H27NO7S. The van der Waals surface area contributed by atoms with E-state index in [0.29, 0.717) is 6.61 Å². The first-order valence-electron chi connectivity index (χ1n) is 8.73. The second kappa shape index (κ2) is 10.9. The molecule has 1 aromatic carbocycles. The van der Waals surface area contributed by atoms with E-state index in [2.05, 4.69) is 22.6 Å². The van der Waals surface area contributed by atoms with Gasteiger partial charge in [-0.2, -0.15) is 4.57 Å². The molecule has 0 radical (unpaired) electrons. The van der Waals surface area contributed by atoms with E-state index in [-0.39, 0.29) is 6.61 Å². The molecule has 8 nitrogen and oxygen atoms in total. The van der Waals surface area contributed by atoms with E-state index >= 15 is 0 Å². The minimum absolute atomic E-state index is 0.0914. The van der Waals surface area contributed by atoms with Gasteiger partial charge in [-0.05, 0) is 32.9 Å². The Hall–Kier alpha value is -2.10. The van der Waals surface area contributed by atoms with Gasteiger partial charge < -0.3 is 18.4 Å². The van der Waals surface area contributed by atoms with Crippen molar-refractivity contribution in [1.82, 2.24) is 0 Å². The van der Waals surface area contributed by atoms with Crippen LogP contribution < -0.4 is 9.30 Å². The van der Waals surface area contributed by atoms with Gasteiger partial charge in [0.25, 0.3) is 5.52 Å². The first-order valence-corrected chi connectivity index (χ1v) is 10.1. The SMILES string of the molecule is CCOC(=Cc1oc2ccc(OC)cc2[n+]1CC)CC.CCOS(=O)(=O)[O-]. The van der Waals surface area contributed by atoms with Crippen molar-refractivity contribution in [1.29, 1.82) is 0 Å². The number of aromatic nitrogens is 1. The molecule has 0 aliphatic rings. The second-order valence-corrected chi connectivity index (χ2v) is 6.28. The summed E-state index contributed by atoms with van der Waals surface area (Å²) in [6.45, 7) is 8.98. The van der Waals surface area contributed by atoms with Crippen molar-refractivity contribution in [3.05, 3.63) is 29.8 Å². The number of ether oxygens (including phenoxy) is 2. The number of aryl methyl sites for hydroxylation is 1. The molecule has 2 aromatic rings. The first kappa shape index (κ1) is 22.9. The Kier molecular flexibility index (Phi) is 9.27. The molecule has 9 heteroatoms. The fraction of sp³-hybridized carbons (Fsp3) is 0.500. The highest BCUT2D eigenvalue weighted by atomic mass is 32.3. The molecule has 0 N–H and O–H groups in total. The number of methoxy groups -OCH3 is 1. The maximum Gasteiger partial charge on any atom is 0.377 e. The van der Waals surface area contributed by atoms with Crippen molar-refractivity contribution in [2.24, 2.45) is 0 Å². The number of hydrogen-bond donors (Lipinski definition) is 0. The van der Waals surface area contributed by atoms with Crippen LogP contribution in [0.2, 0.25) is 0 Å². The highest BCUT2D eigenvalue weighted by Gasteiger charge is 2.20. The van der Waals surface area contributed by atoms with Crippen LogP contribution in [0.1, 0.15) is 40.0 Å². The molecule has 27 heavy (non-hydrogen) atoms. The minimum Gasteiger partial charge on any atom is -0.726 e. The Balaban J connectivity index is 0.000000445. The average Bonchev–Trinajstić information content (AvgIpc) is 2.96. The molecular weight excluding hydrogens is 374 g/mol. The van der Waals surface area contributed by atoms with Crippen LogP contribution in [0.5, 0.6) is 5.75 Å². The lowest BCUT2D eigenvalue weighted by Gasteiger charge is -2.03. The van der Waals surface area contributed by atoms with Gasteiger partial charge in [0.15, 0.2) is 0 Å². The van der Waals surface area contributed by atoms with Crippen LogP contribution in [-0.2, 0) is 25.9 Å². The van der Waals surface area contributed by atoms with E-state index in [1.807, 2.05) is 31.2 Å². The van der Waals surface area contributed by atoms with Gasteiger partial charge in [-0.3, -0.25) is 4.18 Å². The molecule has 152 valence electrons. The third-order valence-electron chi connectivity index (χ3n) is 3.48. The molecule has 0 aliphatic carbocycles. The summed E-state index contributed by atoms with van der Waals surface area (Å²) in [6.07, 6.45) is 2.82. The Labute approximate surface area is 160 Å². The molecule has 0 spiro atoms. The number of oxazole rings is 1. The number of benzene rings is 1. The zero-order chi connectivity index (χ0) is 20.4. The largest absolute Gasteiger partial charge is 0.726 e. The van der Waals surface area contributed by atoms with Crippen molar-refractivity contribution in [2.75, 3.05) is 20.3 Å². The highest BCUT2D eigenvalue weighted by Crippen LogP contribution is 2.21. The maximum atomic E-state index is 9.45. The van der Waals surface area contributed by atoms with Crippen LogP contribution in [0.4, 0.5) is 0 Å². The fourth-order valence-corrected chi connectivity index (χ4v) is 2.64. The van der Waals surface area contributed by atoms with Crippen molar-refractivity contribution in [3.63, 3.8) is 0 Å². The molecule has 0 atom stereocenters. The van der Waals surface area contributed by atoms with Crippen molar-refractivity contribution < 1.29 is 35.6 Å². The van der Waals surface area contributed by atoms with Gasteiger partial charge in [0.05, 0.1) is 32.5 Å². The quantitative estimate of drug-likeness (QED) is 0.290. The molecule has 0 saturated heterocycles. The van der Waals surface area contributed by atoms with Crippen molar-refractivity contribution in [2.45, 2.75) is 40.7 Å². The summed E-state index contributed by atoms with van der Waals surface area (Å²) < 4.78 is 50.9. The standard InChI is InChI=1S/C16H22NO3.C2H6O4S/c1-5-12(19-7-3)11-16-17(6-2)14-10-13(18-4)8-9-15(14)20-16;1-2-6-7(3,4)5/h8-11H,5-7H2,1-4H3;2H2,1H3,(H,3,4,5)/q+1;/p-1. The lowest BCUT2D eigenvalue weighted by Crippen LogP contribution is -2.33. The fourth-order valence-electron chi connectivity index (χ4n) is 2.35. The summed E-state index contributed by atoms with van der Waals surface area (Å²) in [5, 5.41) is 0. The number of allylic oxidation sites excluding steroid dienone is 1. The van der Waals surface area contributed by atoms with E-state index in [1.54, 1.807) is 7.11 Å². The smallest absolute Gasteiger partial charge is 0.377 e. The lowest BCUT2D eigenvalue weighted by molar-refractivity contribution is -0.674. The van der Waals surface area contributed by atoms with Gasteiger partial charge in [-0.25, -0.2) is 8.42 Å². The molecule has 1 aromatic heterocycles. The van der Waals surface area contributed by atoms with E-state index in [9.17, 15) is 13.0 Å². The molecule has 1 heterocycles. The number of rotatable bonds is 8. The lowest BCUT2D eigenvalue weighted by atomic mass is 10.3. The molecule has 0 aliphatic heterocycles. The Bertz CT molecular complexity index is 856. The third-order valence-corrected chi connectivity index (χ3v) is 4.00. The Morgan fingerprint density at radius 1 is 1.22 bits per heavy atom. The van der Waals surface area contributed by atoms with Crippen molar-refractivity contribution in [3.8, 4) is 5.75 Å². The zero-order valence-corrected chi connectivity index (χ0v) is 17.2. The van der Waals surface area contributed by atoms with Crippen LogP contribution in [0.15, 0.2) is 28.4 Å². The van der Waals surface area contributed by atoms with Crippen molar-refractivity contribution >= 4 is 27.6 Å². The summed E-state index contributed by atoms with van der Waals surface area (Å²) in [5.41, 5.74) is 1.89. The normalized spacial score (nSPS) is 11.9. The van der Waals surface area contributed by atoms with E-state index in [1.165, 1.54) is 6.92 Å². The van der Waals surface area contributed by atoms with E-state index in [4.69, 9.17) is 13.9 Å². The molecule has 0 fully saturated rings. The Morgan fingerprint density at radius 3 is 2.37 bits per heavy atom. The van der Waals surface area contributed by atoms with Crippen LogP contribution in [0.25, 0.3) is 17.2 Å². The van der Waals surface area contributed by atoms with Gasteiger partial charge in [0.2, 0.25) is 16.0 Å². The molecule has 0 amide bonds. The summed E-state index contributed by atoms with van der Waals surface area (Å²) in [7, 11) is -2.75. The number of hydrogen-bond acceptors (Lipinski definition) is 7. The second-order valence-electron chi connectivity index (χ2n) is 5.23. The predicted octanol–water partition coefficient (Wildman–Crippen LogP) is 3.02. The van der Waals surface area contributed by atoms with E-state index in [0.717, 1.165) is 41.5 Å². The summed E-state index contributed by atoms with van der Waals surface area (Å²) in [6, 6.07) is 5.83. The van der Waals surface area contributed by atoms with Gasteiger partial charge in [0, 0.05) is 6.42 Å². The minimum atomic E-state index is -4.42.